The van der Waals surface area contributed by atoms with Crippen LogP contribution in [0.4, 0.5) is 17.1 Å². The van der Waals surface area contributed by atoms with Crippen LogP contribution in [-0.4, -0.2) is 16.0 Å². The molecule has 29 heavy (non-hydrogen) atoms. The van der Waals surface area contributed by atoms with Crippen molar-refractivity contribution in [2.24, 2.45) is 4.99 Å². The summed E-state index contributed by atoms with van der Waals surface area (Å²) in [6.45, 7) is 0. The summed E-state index contributed by atoms with van der Waals surface area (Å²) in [5.41, 5.74) is 2.01. The van der Waals surface area contributed by atoms with Crippen LogP contribution in [0.5, 0.6) is 0 Å². The summed E-state index contributed by atoms with van der Waals surface area (Å²) in [5, 5.41) is 11.6. The van der Waals surface area contributed by atoms with Crippen molar-refractivity contribution in [2.45, 2.75) is 0 Å². The number of nitrogens with zero attached hydrogens (tertiary/aromatic N) is 3. The lowest BCUT2D eigenvalue weighted by Gasteiger charge is -2.15. The van der Waals surface area contributed by atoms with Gasteiger partial charge in [0.05, 0.1) is 21.2 Å². The number of carbonyl (C=O) groups is 1. The average Bonchev–Trinajstić information content (AvgIpc) is 3.04. The van der Waals surface area contributed by atoms with E-state index in [1.54, 1.807) is 23.1 Å². The molecule has 1 fully saturated rings. The summed E-state index contributed by atoms with van der Waals surface area (Å²) >= 11 is 1.24. The zero-order valence-corrected chi connectivity index (χ0v) is 16.0. The first kappa shape index (κ1) is 18.6. The van der Waals surface area contributed by atoms with Gasteiger partial charge in [-0.15, -0.1) is 0 Å². The molecule has 0 atom stereocenters. The van der Waals surface area contributed by atoms with Crippen LogP contribution in [-0.2, 0) is 4.79 Å². The molecule has 1 aliphatic rings. The minimum Gasteiger partial charge on any atom is -0.268 e. The third-order valence-corrected chi connectivity index (χ3v) is 5.15. The molecule has 6 nitrogen and oxygen atoms in total. The first-order valence-electron chi connectivity index (χ1n) is 8.79. The number of non-ortho nitro benzene ring substituents is 1. The minimum atomic E-state index is -0.454. The van der Waals surface area contributed by atoms with E-state index in [-0.39, 0.29) is 11.6 Å². The van der Waals surface area contributed by atoms with E-state index in [0.29, 0.717) is 21.3 Å². The van der Waals surface area contributed by atoms with Gasteiger partial charge in [-0.25, -0.2) is 4.99 Å². The van der Waals surface area contributed by atoms with Gasteiger partial charge in [0.2, 0.25) is 0 Å². The third-order valence-electron chi connectivity index (χ3n) is 4.18. The van der Waals surface area contributed by atoms with Gasteiger partial charge in [0.15, 0.2) is 5.17 Å². The molecule has 3 aromatic rings. The SMILES string of the molecule is O=C1/C(=C/c2cccc([N+](=O)[O-])c2)SC(=Nc2ccccc2)N1c1ccccc1. The second kappa shape index (κ2) is 8.12. The molecular formula is C22H15N3O3S. The molecule has 0 aliphatic carbocycles. The van der Waals surface area contributed by atoms with Crippen LogP contribution in [0.2, 0.25) is 0 Å². The van der Waals surface area contributed by atoms with Crippen LogP contribution in [0.1, 0.15) is 5.56 Å². The van der Waals surface area contributed by atoms with Crippen molar-refractivity contribution in [3.05, 3.63) is 106 Å². The molecule has 0 spiro atoms. The third kappa shape index (κ3) is 4.09. The van der Waals surface area contributed by atoms with Gasteiger partial charge in [-0.3, -0.25) is 19.8 Å². The molecule has 1 saturated heterocycles. The first-order valence-corrected chi connectivity index (χ1v) is 9.61. The number of amidine groups is 1. The fourth-order valence-electron chi connectivity index (χ4n) is 2.85. The molecule has 0 bridgehead atoms. The van der Waals surface area contributed by atoms with Gasteiger partial charge in [0, 0.05) is 12.1 Å². The van der Waals surface area contributed by atoms with Crippen LogP contribution in [0.25, 0.3) is 6.08 Å². The number of anilines is 1. The Morgan fingerprint density at radius 1 is 0.931 bits per heavy atom. The number of para-hydroxylation sites is 2. The predicted octanol–water partition coefficient (Wildman–Crippen LogP) is 5.40. The van der Waals surface area contributed by atoms with Crippen molar-refractivity contribution in [3.63, 3.8) is 0 Å². The molecule has 3 aromatic carbocycles. The van der Waals surface area contributed by atoms with E-state index in [9.17, 15) is 14.9 Å². The quantitative estimate of drug-likeness (QED) is 0.333. The average molecular weight is 401 g/mol. The van der Waals surface area contributed by atoms with Crippen molar-refractivity contribution in [1.29, 1.82) is 0 Å². The molecule has 1 amide bonds. The Morgan fingerprint density at radius 3 is 2.31 bits per heavy atom. The highest BCUT2D eigenvalue weighted by Crippen LogP contribution is 2.37. The number of amides is 1. The number of hydrogen-bond donors (Lipinski definition) is 0. The monoisotopic (exact) mass is 401 g/mol. The van der Waals surface area contributed by atoms with Crippen LogP contribution >= 0.6 is 11.8 Å². The molecule has 4 rings (SSSR count). The summed E-state index contributed by atoms with van der Waals surface area (Å²) in [6, 6.07) is 24.9. The molecular weight excluding hydrogens is 386 g/mol. The fraction of sp³-hybridized carbons (Fsp3) is 0. The zero-order chi connectivity index (χ0) is 20.2. The lowest BCUT2D eigenvalue weighted by Crippen LogP contribution is -2.28. The maximum atomic E-state index is 13.2. The smallest absolute Gasteiger partial charge is 0.268 e. The van der Waals surface area contributed by atoms with Crippen molar-refractivity contribution in [2.75, 3.05) is 4.90 Å². The highest BCUT2D eigenvalue weighted by molar-refractivity contribution is 8.19. The van der Waals surface area contributed by atoms with Crippen LogP contribution < -0.4 is 4.90 Å². The number of aliphatic imine (C=N–C) groups is 1. The molecule has 0 radical (unpaired) electrons. The zero-order valence-electron chi connectivity index (χ0n) is 15.1. The van der Waals surface area contributed by atoms with Gasteiger partial charge in [0.1, 0.15) is 0 Å². The van der Waals surface area contributed by atoms with Gasteiger partial charge >= 0.3 is 0 Å². The summed E-state index contributed by atoms with van der Waals surface area (Å²) in [6.07, 6.45) is 1.66. The summed E-state index contributed by atoms with van der Waals surface area (Å²) in [4.78, 5) is 30.4. The number of hydrogen-bond acceptors (Lipinski definition) is 5. The molecule has 0 unspecified atom stereocenters. The topological polar surface area (TPSA) is 75.8 Å². The number of nitro groups is 1. The number of rotatable bonds is 4. The van der Waals surface area contributed by atoms with Crippen molar-refractivity contribution < 1.29 is 9.72 Å². The summed E-state index contributed by atoms with van der Waals surface area (Å²) < 4.78 is 0. The second-order valence-electron chi connectivity index (χ2n) is 6.17. The number of nitro benzene ring substituents is 1. The normalized spacial score (nSPS) is 16.6. The maximum absolute atomic E-state index is 13.2. The molecule has 1 heterocycles. The second-order valence-corrected chi connectivity index (χ2v) is 7.18. The van der Waals surface area contributed by atoms with Gasteiger partial charge in [-0.2, -0.15) is 0 Å². The van der Waals surface area contributed by atoms with Crippen molar-refractivity contribution in [3.8, 4) is 0 Å². The summed E-state index contributed by atoms with van der Waals surface area (Å²) in [5.74, 6) is -0.220. The molecule has 1 aliphatic heterocycles. The molecule has 0 N–H and O–H groups in total. The van der Waals surface area contributed by atoms with Gasteiger partial charge in [-0.05, 0) is 47.7 Å². The van der Waals surface area contributed by atoms with E-state index in [4.69, 9.17) is 0 Å². The Bertz CT molecular complexity index is 1130. The van der Waals surface area contributed by atoms with E-state index >= 15 is 0 Å². The Hall–Kier alpha value is -3.71. The van der Waals surface area contributed by atoms with Crippen LogP contribution in [0.15, 0.2) is 94.8 Å². The van der Waals surface area contributed by atoms with Crippen LogP contribution in [0.3, 0.4) is 0 Å². The predicted molar refractivity (Wildman–Crippen MR) is 116 cm³/mol. The van der Waals surface area contributed by atoms with E-state index < -0.39 is 4.92 Å². The van der Waals surface area contributed by atoms with E-state index in [1.807, 2.05) is 60.7 Å². The highest BCUT2D eigenvalue weighted by atomic mass is 32.2. The number of benzene rings is 3. The van der Waals surface area contributed by atoms with Crippen LogP contribution in [0, 0.1) is 10.1 Å². The Kier molecular flexibility index (Phi) is 5.22. The van der Waals surface area contributed by atoms with Gasteiger partial charge in [0.25, 0.3) is 11.6 Å². The Balaban J connectivity index is 1.76. The molecule has 0 aromatic heterocycles. The Morgan fingerprint density at radius 2 is 1.62 bits per heavy atom. The minimum absolute atomic E-state index is 0.0205. The summed E-state index contributed by atoms with van der Waals surface area (Å²) in [7, 11) is 0. The lowest BCUT2D eigenvalue weighted by atomic mass is 10.2. The van der Waals surface area contributed by atoms with E-state index in [2.05, 4.69) is 4.99 Å². The van der Waals surface area contributed by atoms with Crippen molar-refractivity contribution in [1.82, 2.24) is 0 Å². The van der Waals surface area contributed by atoms with Gasteiger partial charge in [-0.1, -0.05) is 48.5 Å². The molecule has 0 saturated carbocycles. The highest BCUT2D eigenvalue weighted by Gasteiger charge is 2.34. The lowest BCUT2D eigenvalue weighted by molar-refractivity contribution is -0.384. The van der Waals surface area contributed by atoms with Gasteiger partial charge < -0.3 is 0 Å². The standard InChI is InChI=1S/C22H15N3O3S/c26-21-20(15-16-8-7-13-19(14-16)25(27)28)29-22(23-17-9-3-1-4-10-17)24(21)18-11-5-2-6-12-18/h1-15H/b20-15-,23-22?. The molecule has 142 valence electrons. The number of carbonyl (C=O) groups excluding carboxylic acids is 1. The number of thioether (sulfide) groups is 1. The first-order chi connectivity index (χ1) is 14.1. The fourth-order valence-corrected chi connectivity index (χ4v) is 3.85. The maximum Gasteiger partial charge on any atom is 0.271 e. The van der Waals surface area contributed by atoms with E-state index in [1.165, 1.54) is 23.9 Å². The van der Waals surface area contributed by atoms with E-state index in [0.717, 1.165) is 5.69 Å². The Labute approximate surface area is 171 Å². The molecule has 7 heteroatoms. The largest absolute Gasteiger partial charge is 0.271 e. The van der Waals surface area contributed by atoms with Crippen molar-refractivity contribution >= 4 is 46.0 Å².